The van der Waals surface area contributed by atoms with Crippen molar-refractivity contribution in [2.24, 2.45) is 33.5 Å². The summed E-state index contributed by atoms with van der Waals surface area (Å²) in [6, 6.07) is -0.611. The van der Waals surface area contributed by atoms with Crippen LogP contribution in [0.5, 0.6) is 0 Å². The molecule has 2 amide bonds. The standard InChI is InChI=1S/C24H41N3O/c1-17(9-7-10-19(3)26-27-22(25)28)11-13-20-18(2)12-14-21-23(4,5)15-8-16-24(20,21)6/h9,12,20-21H,7-8,10-11,13-16H2,1-6H3,(H3,25,27,28)/b17-9+,26-19-/t20-,21-,24-/m0/s1. The summed E-state index contributed by atoms with van der Waals surface area (Å²) in [5.41, 5.74) is 12.2. The number of nitrogens with one attached hydrogen (secondary N) is 1. The molecule has 2 aliphatic carbocycles. The number of nitrogens with zero attached hydrogens (tertiary/aromatic N) is 1. The summed E-state index contributed by atoms with van der Waals surface area (Å²) in [6.45, 7) is 14.1. The van der Waals surface area contributed by atoms with E-state index in [4.69, 9.17) is 5.73 Å². The van der Waals surface area contributed by atoms with Crippen molar-refractivity contribution in [1.29, 1.82) is 0 Å². The molecular formula is C24H41N3O. The zero-order valence-electron chi connectivity index (χ0n) is 18.9. The summed E-state index contributed by atoms with van der Waals surface area (Å²) in [5.74, 6) is 1.51. The Kier molecular flexibility index (Phi) is 7.52. The fourth-order valence-corrected chi connectivity index (χ4v) is 5.90. The van der Waals surface area contributed by atoms with Crippen molar-refractivity contribution >= 4 is 11.7 Å². The molecule has 4 nitrogen and oxygen atoms in total. The van der Waals surface area contributed by atoms with Crippen molar-refractivity contribution < 1.29 is 4.79 Å². The number of hydrogen-bond donors (Lipinski definition) is 2. The molecule has 0 heterocycles. The minimum Gasteiger partial charge on any atom is -0.350 e. The Balaban J connectivity index is 1.95. The summed E-state index contributed by atoms with van der Waals surface area (Å²) >= 11 is 0. The number of rotatable bonds is 7. The number of fused-ring (bicyclic) bond motifs is 1. The predicted molar refractivity (Wildman–Crippen MR) is 119 cm³/mol. The highest BCUT2D eigenvalue weighted by molar-refractivity contribution is 5.83. The van der Waals surface area contributed by atoms with Gasteiger partial charge in [0.05, 0.1) is 0 Å². The van der Waals surface area contributed by atoms with Crippen LogP contribution in [0.15, 0.2) is 28.4 Å². The lowest BCUT2D eigenvalue weighted by Gasteiger charge is -2.57. The minimum absolute atomic E-state index is 0.449. The van der Waals surface area contributed by atoms with Crippen LogP contribution in [0, 0.1) is 22.7 Å². The highest BCUT2D eigenvalue weighted by atomic mass is 16.2. The molecule has 0 saturated heterocycles. The van der Waals surface area contributed by atoms with Gasteiger partial charge in [0.15, 0.2) is 0 Å². The summed E-state index contributed by atoms with van der Waals surface area (Å²) < 4.78 is 0. The molecular weight excluding hydrogens is 346 g/mol. The van der Waals surface area contributed by atoms with Crippen LogP contribution in [0.4, 0.5) is 4.79 Å². The van der Waals surface area contributed by atoms with E-state index in [1.165, 1.54) is 37.7 Å². The first-order valence-electron chi connectivity index (χ1n) is 11.0. The molecule has 28 heavy (non-hydrogen) atoms. The second kappa shape index (κ2) is 9.28. The summed E-state index contributed by atoms with van der Waals surface area (Å²) in [4.78, 5) is 10.7. The second-order valence-corrected chi connectivity index (χ2v) is 10.1. The average Bonchev–Trinajstić information content (AvgIpc) is 2.58. The van der Waals surface area contributed by atoms with Gasteiger partial charge in [-0.3, -0.25) is 0 Å². The van der Waals surface area contributed by atoms with E-state index in [2.05, 4.69) is 57.3 Å². The van der Waals surface area contributed by atoms with Gasteiger partial charge in [-0.15, -0.1) is 0 Å². The quantitative estimate of drug-likeness (QED) is 0.299. The topological polar surface area (TPSA) is 67.5 Å². The van der Waals surface area contributed by atoms with Gasteiger partial charge in [-0.05, 0) is 88.4 Å². The van der Waals surface area contributed by atoms with Crippen LogP contribution in [-0.4, -0.2) is 11.7 Å². The van der Waals surface area contributed by atoms with Crippen LogP contribution in [0.1, 0.15) is 92.9 Å². The molecule has 0 aromatic carbocycles. The third kappa shape index (κ3) is 5.48. The van der Waals surface area contributed by atoms with Gasteiger partial charge in [-0.2, -0.15) is 5.10 Å². The fraction of sp³-hybridized carbons (Fsp3) is 0.750. The number of carbonyl (C=O) groups excluding carboxylic acids is 1. The molecule has 0 spiro atoms. The summed E-state index contributed by atoms with van der Waals surface area (Å²) in [7, 11) is 0. The molecule has 1 saturated carbocycles. The molecule has 0 aliphatic heterocycles. The van der Waals surface area contributed by atoms with E-state index in [0.29, 0.717) is 16.7 Å². The molecule has 0 aromatic heterocycles. The van der Waals surface area contributed by atoms with E-state index in [9.17, 15) is 4.79 Å². The lowest BCUT2D eigenvalue weighted by Crippen LogP contribution is -2.48. The van der Waals surface area contributed by atoms with Crippen LogP contribution < -0.4 is 11.2 Å². The first-order valence-corrected chi connectivity index (χ1v) is 11.0. The summed E-state index contributed by atoms with van der Waals surface area (Å²) in [6.07, 6.45) is 14.5. The number of amides is 2. The maximum absolute atomic E-state index is 10.7. The van der Waals surface area contributed by atoms with Crippen LogP contribution in [0.25, 0.3) is 0 Å². The second-order valence-electron chi connectivity index (χ2n) is 10.1. The van der Waals surface area contributed by atoms with Gasteiger partial charge in [-0.1, -0.05) is 50.5 Å². The largest absolute Gasteiger partial charge is 0.350 e. The highest BCUT2D eigenvalue weighted by Gasteiger charge is 2.51. The number of carbonyl (C=O) groups is 1. The maximum Gasteiger partial charge on any atom is 0.332 e. The van der Waals surface area contributed by atoms with Gasteiger partial charge in [0.25, 0.3) is 0 Å². The van der Waals surface area contributed by atoms with Gasteiger partial charge in [0.1, 0.15) is 0 Å². The summed E-state index contributed by atoms with van der Waals surface area (Å²) in [5, 5.41) is 3.97. The average molecular weight is 388 g/mol. The zero-order chi connectivity index (χ0) is 20.9. The van der Waals surface area contributed by atoms with Crippen molar-refractivity contribution in [3.63, 3.8) is 0 Å². The molecule has 0 radical (unpaired) electrons. The number of urea groups is 1. The molecule has 1 fully saturated rings. The van der Waals surface area contributed by atoms with Crippen molar-refractivity contribution in [2.75, 3.05) is 0 Å². The molecule has 2 aliphatic rings. The lowest BCUT2D eigenvalue weighted by molar-refractivity contribution is -0.0390. The van der Waals surface area contributed by atoms with E-state index in [-0.39, 0.29) is 0 Å². The first-order chi connectivity index (χ1) is 13.1. The predicted octanol–water partition coefficient (Wildman–Crippen LogP) is 6.34. The van der Waals surface area contributed by atoms with E-state index in [1.54, 1.807) is 5.57 Å². The van der Waals surface area contributed by atoms with Gasteiger partial charge in [0, 0.05) is 5.71 Å². The van der Waals surface area contributed by atoms with Crippen LogP contribution in [0.2, 0.25) is 0 Å². The Morgan fingerprint density at radius 2 is 2.00 bits per heavy atom. The number of hydrogen-bond acceptors (Lipinski definition) is 2. The number of hydrazone groups is 1. The van der Waals surface area contributed by atoms with E-state index in [1.807, 2.05) is 6.92 Å². The molecule has 0 unspecified atom stereocenters. The number of primary amides is 1. The molecule has 4 heteroatoms. The molecule has 158 valence electrons. The van der Waals surface area contributed by atoms with Gasteiger partial charge in [-0.25, -0.2) is 10.2 Å². The Morgan fingerprint density at radius 1 is 1.29 bits per heavy atom. The molecule has 0 bridgehead atoms. The van der Waals surface area contributed by atoms with Crippen LogP contribution >= 0.6 is 0 Å². The number of allylic oxidation sites excluding steroid dienone is 4. The fourth-order valence-electron chi connectivity index (χ4n) is 5.90. The SMILES string of the molecule is CC1=CC[C@H]2C(C)(C)CCC[C@@]2(C)[C@H]1CC/C(C)=C/CC/C(C)=N\NC(N)=O. The molecule has 0 aromatic rings. The lowest BCUT2D eigenvalue weighted by atomic mass is 9.48. The smallest absolute Gasteiger partial charge is 0.332 e. The Labute approximate surface area is 172 Å². The van der Waals surface area contributed by atoms with Gasteiger partial charge in [0.2, 0.25) is 0 Å². The Morgan fingerprint density at radius 3 is 2.68 bits per heavy atom. The maximum atomic E-state index is 10.7. The van der Waals surface area contributed by atoms with E-state index >= 15 is 0 Å². The Hall–Kier alpha value is -1.58. The van der Waals surface area contributed by atoms with Gasteiger partial charge >= 0.3 is 6.03 Å². The van der Waals surface area contributed by atoms with E-state index < -0.39 is 6.03 Å². The van der Waals surface area contributed by atoms with E-state index in [0.717, 1.165) is 30.9 Å². The van der Waals surface area contributed by atoms with Crippen LogP contribution in [-0.2, 0) is 0 Å². The highest BCUT2D eigenvalue weighted by Crippen LogP contribution is 2.60. The van der Waals surface area contributed by atoms with Gasteiger partial charge < -0.3 is 5.73 Å². The minimum atomic E-state index is -0.611. The molecule has 3 atom stereocenters. The van der Waals surface area contributed by atoms with Crippen molar-refractivity contribution in [2.45, 2.75) is 92.9 Å². The van der Waals surface area contributed by atoms with Crippen molar-refractivity contribution in [3.05, 3.63) is 23.3 Å². The monoisotopic (exact) mass is 387 g/mol. The van der Waals surface area contributed by atoms with Crippen LogP contribution in [0.3, 0.4) is 0 Å². The number of nitrogens with two attached hydrogens (primary N) is 1. The van der Waals surface area contributed by atoms with Crippen molar-refractivity contribution in [3.8, 4) is 0 Å². The molecule has 2 rings (SSSR count). The third-order valence-corrected chi connectivity index (χ3v) is 7.48. The zero-order valence-corrected chi connectivity index (χ0v) is 18.9. The third-order valence-electron chi connectivity index (χ3n) is 7.48. The normalized spacial score (nSPS) is 30.4. The molecule has 3 N–H and O–H groups in total. The Bertz CT molecular complexity index is 659. The first kappa shape index (κ1) is 22.7. The van der Waals surface area contributed by atoms with Crippen molar-refractivity contribution in [1.82, 2.24) is 5.43 Å².